The van der Waals surface area contributed by atoms with E-state index in [4.69, 9.17) is 4.84 Å². The van der Waals surface area contributed by atoms with Gasteiger partial charge in [0.1, 0.15) is 7.11 Å². The number of aromatic nitrogens is 1. The highest BCUT2D eigenvalue weighted by molar-refractivity contribution is 9.10. The second-order valence-corrected chi connectivity index (χ2v) is 5.98. The van der Waals surface area contributed by atoms with Gasteiger partial charge in [-0.05, 0) is 31.5 Å². The first-order valence-electron chi connectivity index (χ1n) is 6.85. The molecule has 0 aliphatic rings. The zero-order valence-electron chi connectivity index (χ0n) is 12.9. The molecule has 0 unspecified atom stereocenters. The average Bonchev–Trinajstić information content (AvgIpc) is 2.48. The van der Waals surface area contributed by atoms with E-state index in [1.165, 1.54) is 16.8 Å². The van der Waals surface area contributed by atoms with E-state index < -0.39 is 0 Å². The number of aryl methyl sites for hydroxylation is 1. The maximum Gasteiger partial charge on any atom is 0.194 e. The molecule has 0 atom stereocenters. The Balaban J connectivity index is 2.36. The molecule has 110 valence electrons. The molecule has 0 aliphatic carbocycles. The second-order valence-electron chi connectivity index (χ2n) is 5.06. The van der Waals surface area contributed by atoms with Crippen LogP contribution in [-0.2, 0) is 11.4 Å². The molecule has 0 bridgehead atoms. The van der Waals surface area contributed by atoms with Crippen LogP contribution in [0, 0.1) is 20.8 Å². The number of rotatable bonds is 4. The minimum absolute atomic E-state index is 0.683. The van der Waals surface area contributed by atoms with Gasteiger partial charge in [-0.2, -0.15) is 4.57 Å². The summed E-state index contributed by atoms with van der Waals surface area (Å²) in [7, 11) is 1.58. The van der Waals surface area contributed by atoms with Gasteiger partial charge in [0.05, 0.1) is 0 Å². The first-order chi connectivity index (χ1) is 10.0. The summed E-state index contributed by atoms with van der Waals surface area (Å²) in [6, 6.07) is 10.2. The van der Waals surface area contributed by atoms with Gasteiger partial charge in [-0.1, -0.05) is 33.2 Å². The highest BCUT2D eigenvalue weighted by Crippen LogP contribution is 2.12. The lowest BCUT2D eigenvalue weighted by atomic mass is 10.1. The lowest BCUT2D eigenvalue weighted by Gasteiger charge is -2.08. The van der Waals surface area contributed by atoms with Crippen LogP contribution < -0.4 is 4.57 Å². The lowest BCUT2D eigenvalue weighted by Crippen LogP contribution is -2.41. The molecule has 0 spiro atoms. The highest BCUT2D eigenvalue weighted by atomic mass is 79.9. The molecule has 0 fully saturated rings. The van der Waals surface area contributed by atoms with Gasteiger partial charge in [-0.25, -0.2) is 0 Å². The van der Waals surface area contributed by atoms with E-state index in [1.807, 2.05) is 24.3 Å². The van der Waals surface area contributed by atoms with Gasteiger partial charge in [0, 0.05) is 28.6 Å². The molecular weight excluding hydrogens is 328 g/mol. The smallest absolute Gasteiger partial charge is 0.194 e. The Labute approximate surface area is 134 Å². The van der Waals surface area contributed by atoms with E-state index in [-0.39, 0.29) is 0 Å². The van der Waals surface area contributed by atoms with Crippen molar-refractivity contribution in [3.05, 3.63) is 63.4 Å². The van der Waals surface area contributed by atoms with Crippen molar-refractivity contribution in [1.29, 1.82) is 0 Å². The monoisotopic (exact) mass is 347 g/mol. The summed E-state index contributed by atoms with van der Waals surface area (Å²) < 4.78 is 3.25. The quantitative estimate of drug-likeness (QED) is 0.470. The van der Waals surface area contributed by atoms with Crippen molar-refractivity contribution in [2.24, 2.45) is 5.16 Å². The molecule has 0 aliphatic heterocycles. The minimum Gasteiger partial charge on any atom is -0.399 e. The van der Waals surface area contributed by atoms with Crippen LogP contribution in [0.3, 0.4) is 0 Å². The lowest BCUT2D eigenvalue weighted by molar-refractivity contribution is -0.688. The number of benzene rings is 1. The number of hydrogen-bond donors (Lipinski definition) is 0. The molecule has 1 aromatic heterocycles. The van der Waals surface area contributed by atoms with Gasteiger partial charge in [-0.15, -0.1) is 0 Å². The molecule has 0 N–H and O–H groups in total. The van der Waals surface area contributed by atoms with Crippen LogP contribution in [0.4, 0.5) is 0 Å². The third kappa shape index (κ3) is 3.70. The summed E-state index contributed by atoms with van der Waals surface area (Å²) in [5, 5.41) is 4.19. The van der Waals surface area contributed by atoms with Crippen molar-refractivity contribution >= 4 is 21.6 Å². The average molecular weight is 348 g/mol. The fourth-order valence-electron chi connectivity index (χ4n) is 2.20. The Morgan fingerprint density at radius 2 is 1.81 bits per heavy atom. The molecule has 0 saturated carbocycles. The Morgan fingerprint density at radius 3 is 2.43 bits per heavy atom. The first-order valence-corrected chi connectivity index (χ1v) is 7.64. The highest BCUT2D eigenvalue weighted by Gasteiger charge is 2.16. The van der Waals surface area contributed by atoms with Crippen LogP contribution in [0.1, 0.15) is 22.4 Å². The molecule has 1 aromatic carbocycles. The molecule has 0 saturated heterocycles. The van der Waals surface area contributed by atoms with Gasteiger partial charge in [-0.3, -0.25) is 0 Å². The normalized spacial score (nSPS) is 11.6. The van der Waals surface area contributed by atoms with E-state index >= 15 is 0 Å². The van der Waals surface area contributed by atoms with Crippen molar-refractivity contribution in [2.45, 2.75) is 27.3 Å². The molecule has 4 heteroatoms. The Kier molecular flexibility index (Phi) is 5.12. The summed E-state index contributed by atoms with van der Waals surface area (Å²) in [4.78, 5) is 5.02. The first kappa shape index (κ1) is 15.7. The SMILES string of the molecule is CO/N=C(/C[n+]1ccc(C)c(C)c1C)c1ccc(Br)cc1. The minimum atomic E-state index is 0.683. The van der Waals surface area contributed by atoms with Crippen molar-refractivity contribution in [1.82, 2.24) is 0 Å². The summed E-state index contributed by atoms with van der Waals surface area (Å²) >= 11 is 3.45. The molecule has 21 heavy (non-hydrogen) atoms. The van der Waals surface area contributed by atoms with Crippen molar-refractivity contribution in [3.8, 4) is 0 Å². The van der Waals surface area contributed by atoms with Gasteiger partial charge >= 0.3 is 0 Å². The molecule has 3 nitrogen and oxygen atoms in total. The molecule has 0 amide bonds. The van der Waals surface area contributed by atoms with Crippen LogP contribution in [-0.4, -0.2) is 12.8 Å². The van der Waals surface area contributed by atoms with Crippen molar-refractivity contribution in [3.63, 3.8) is 0 Å². The fourth-order valence-corrected chi connectivity index (χ4v) is 2.46. The van der Waals surface area contributed by atoms with Crippen LogP contribution in [0.15, 0.2) is 46.2 Å². The Morgan fingerprint density at radius 1 is 1.14 bits per heavy atom. The van der Waals surface area contributed by atoms with Crippen LogP contribution in [0.2, 0.25) is 0 Å². The maximum absolute atomic E-state index is 5.02. The number of oxime groups is 1. The molecule has 1 heterocycles. The third-order valence-corrected chi connectivity index (χ3v) is 4.30. The number of nitrogens with zero attached hydrogens (tertiary/aromatic N) is 2. The van der Waals surface area contributed by atoms with Gasteiger partial charge < -0.3 is 4.84 Å². The van der Waals surface area contributed by atoms with Crippen LogP contribution in [0.5, 0.6) is 0 Å². The van der Waals surface area contributed by atoms with Gasteiger partial charge in [0.15, 0.2) is 24.1 Å². The van der Waals surface area contributed by atoms with E-state index in [0.29, 0.717) is 6.54 Å². The number of hydrogen-bond acceptors (Lipinski definition) is 2. The van der Waals surface area contributed by atoms with Crippen molar-refractivity contribution in [2.75, 3.05) is 7.11 Å². The second kappa shape index (κ2) is 6.85. The van der Waals surface area contributed by atoms with E-state index in [1.54, 1.807) is 7.11 Å². The molecule has 2 aromatic rings. The van der Waals surface area contributed by atoms with Crippen LogP contribution >= 0.6 is 15.9 Å². The standard InChI is InChI=1S/C17H20BrN2O/c1-12-9-10-20(14(3)13(12)2)11-17(19-21-4)15-5-7-16(18)8-6-15/h5-10H,11H2,1-4H3/q+1/b19-17-. The summed E-state index contributed by atoms with van der Waals surface area (Å²) in [6.45, 7) is 7.09. The maximum atomic E-state index is 5.02. The third-order valence-electron chi connectivity index (χ3n) is 3.77. The summed E-state index contributed by atoms with van der Waals surface area (Å²) in [5.74, 6) is 0. The summed E-state index contributed by atoms with van der Waals surface area (Å²) in [5.41, 5.74) is 5.82. The topological polar surface area (TPSA) is 25.5 Å². The zero-order chi connectivity index (χ0) is 15.4. The summed E-state index contributed by atoms with van der Waals surface area (Å²) in [6.07, 6.45) is 2.10. The number of pyridine rings is 1. The Bertz CT molecular complexity index is 663. The molecule has 0 radical (unpaired) electrons. The van der Waals surface area contributed by atoms with Crippen LogP contribution in [0.25, 0.3) is 0 Å². The largest absolute Gasteiger partial charge is 0.399 e. The van der Waals surface area contributed by atoms with E-state index in [0.717, 1.165) is 15.7 Å². The number of halogens is 1. The van der Waals surface area contributed by atoms with Gasteiger partial charge in [0.2, 0.25) is 0 Å². The Hall–Kier alpha value is -1.68. The van der Waals surface area contributed by atoms with E-state index in [9.17, 15) is 0 Å². The predicted octanol–water partition coefficient (Wildman–Crippen LogP) is 3.71. The van der Waals surface area contributed by atoms with Crippen molar-refractivity contribution < 1.29 is 9.40 Å². The fraction of sp³-hybridized carbons (Fsp3) is 0.294. The zero-order valence-corrected chi connectivity index (χ0v) is 14.4. The predicted molar refractivity (Wildman–Crippen MR) is 88.5 cm³/mol. The molecule has 2 rings (SSSR count). The van der Waals surface area contributed by atoms with E-state index in [2.05, 4.69) is 58.7 Å². The molecular formula is C17H20BrN2O+. The van der Waals surface area contributed by atoms with Gasteiger partial charge in [0.25, 0.3) is 0 Å².